The van der Waals surface area contributed by atoms with Crippen molar-refractivity contribution >= 4 is 22.9 Å². The largest absolute Gasteiger partial charge is 0.466 e. The summed E-state index contributed by atoms with van der Waals surface area (Å²) in [5.41, 5.74) is 0.346. The first-order chi connectivity index (χ1) is 12.6. The molecule has 1 saturated heterocycles. The molecule has 3 heterocycles. The predicted octanol–water partition coefficient (Wildman–Crippen LogP) is 1.83. The molecule has 0 saturated carbocycles. The van der Waals surface area contributed by atoms with Gasteiger partial charge in [-0.3, -0.25) is 19.0 Å². The lowest BCUT2D eigenvalue weighted by Gasteiger charge is -2.31. The van der Waals surface area contributed by atoms with E-state index in [0.717, 1.165) is 5.39 Å². The minimum Gasteiger partial charge on any atom is -0.466 e. The first-order valence-corrected chi connectivity index (χ1v) is 9.01. The number of aryl methyl sites for hydroxylation is 1. The zero-order valence-electron chi connectivity index (χ0n) is 15.1. The fraction of sp³-hybridized carbons (Fsp3) is 0.474. The third-order valence-corrected chi connectivity index (χ3v) is 4.72. The van der Waals surface area contributed by atoms with Crippen molar-refractivity contribution < 1.29 is 14.3 Å². The van der Waals surface area contributed by atoms with E-state index in [2.05, 4.69) is 4.98 Å². The Morgan fingerprint density at radius 3 is 2.88 bits per heavy atom. The number of carbonyl (C=O) groups excluding carboxylic acids is 2. The monoisotopic (exact) mass is 357 g/mol. The van der Waals surface area contributed by atoms with Crippen LogP contribution < -0.4 is 5.56 Å². The maximum atomic E-state index is 13.0. The highest BCUT2D eigenvalue weighted by atomic mass is 16.5. The average Bonchev–Trinajstić information content (AvgIpc) is 2.67. The maximum Gasteiger partial charge on any atom is 0.310 e. The van der Waals surface area contributed by atoms with E-state index in [0.29, 0.717) is 38.2 Å². The SMILES string of the molecule is CCOC(=O)[C@H]1CCCN(C(=O)c2cc3cccnc3n(CC)c2=O)C1. The molecule has 0 spiro atoms. The molecule has 1 aliphatic rings. The fourth-order valence-corrected chi connectivity index (χ4v) is 3.44. The number of esters is 1. The van der Waals surface area contributed by atoms with E-state index in [1.165, 1.54) is 4.57 Å². The molecule has 3 rings (SSSR count). The van der Waals surface area contributed by atoms with E-state index in [-0.39, 0.29) is 35.5 Å². The molecular weight excluding hydrogens is 334 g/mol. The second-order valence-corrected chi connectivity index (χ2v) is 6.37. The second kappa shape index (κ2) is 7.68. The molecule has 7 heteroatoms. The van der Waals surface area contributed by atoms with Gasteiger partial charge in [0.1, 0.15) is 11.2 Å². The number of pyridine rings is 2. The van der Waals surface area contributed by atoms with E-state index in [4.69, 9.17) is 4.74 Å². The molecule has 2 aromatic rings. The van der Waals surface area contributed by atoms with Crippen molar-refractivity contribution in [2.45, 2.75) is 33.2 Å². The third kappa shape index (κ3) is 3.34. The van der Waals surface area contributed by atoms with Gasteiger partial charge in [-0.2, -0.15) is 0 Å². The number of fused-ring (bicyclic) bond motifs is 1. The van der Waals surface area contributed by atoms with Crippen LogP contribution in [-0.4, -0.2) is 46.0 Å². The first kappa shape index (κ1) is 18.1. The van der Waals surface area contributed by atoms with Crippen LogP contribution in [0.4, 0.5) is 0 Å². The highest BCUT2D eigenvalue weighted by Crippen LogP contribution is 2.20. The normalized spacial score (nSPS) is 17.3. The van der Waals surface area contributed by atoms with Gasteiger partial charge in [0.2, 0.25) is 0 Å². The number of carbonyl (C=O) groups is 2. The highest BCUT2D eigenvalue weighted by molar-refractivity contribution is 5.97. The van der Waals surface area contributed by atoms with Gasteiger partial charge in [-0.25, -0.2) is 4.98 Å². The van der Waals surface area contributed by atoms with Crippen LogP contribution in [0.2, 0.25) is 0 Å². The van der Waals surface area contributed by atoms with Crippen LogP contribution in [0.1, 0.15) is 37.0 Å². The molecule has 0 N–H and O–H groups in total. The number of aromatic nitrogens is 2. The molecular formula is C19H23N3O4. The number of nitrogens with zero attached hydrogens (tertiary/aromatic N) is 3. The van der Waals surface area contributed by atoms with Gasteiger partial charge >= 0.3 is 5.97 Å². The van der Waals surface area contributed by atoms with Crippen LogP contribution in [0, 0.1) is 5.92 Å². The molecule has 0 bridgehead atoms. The summed E-state index contributed by atoms with van der Waals surface area (Å²) in [4.78, 5) is 43.7. The lowest BCUT2D eigenvalue weighted by molar-refractivity contribution is -0.149. The van der Waals surface area contributed by atoms with E-state index >= 15 is 0 Å². The van der Waals surface area contributed by atoms with Crippen LogP contribution in [0.15, 0.2) is 29.2 Å². The van der Waals surface area contributed by atoms with Crippen molar-refractivity contribution in [1.82, 2.24) is 14.5 Å². The van der Waals surface area contributed by atoms with Crippen LogP contribution >= 0.6 is 0 Å². The van der Waals surface area contributed by atoms with E-state index in [1.54, 1.807) is 30.2 Å². The van der Waals surface area contributed by atoms with Crippen molar-refractivity contribution in [3.05, 3.63) is 40.3 Å². The molecule has 1 aliphatic heterocycles. The summed E-state index contributed by atoms with van der Waals surface area (Å²) in [7, 11) is 0. The lowest BCUT2D eigenvalue weighted by Crippen LogP contribution is -2.44. The number of hydrogen-bond donors (Lipinski definition) is 0. The Hall–Kier alpha value is -2.70. The molecule has 26 heavy (non-hydrogen) atoms. The third-order valence-electron chi connectivity index (χ3n) is 4.72. The molecule has 0 aromatic carbocycles. The summed E-state index contributed by atoms with van der Waals surface area (Å²) in [6.45, 7) is 5.18. The lowest BCUT2D eigenvalue weighted by atomic mass is 9.97. The number of hydrogen-bond acceptors (Lipinski definition) is 5. The van der Waals surface area contributed by atoms with Gasteiger partial charge < -0.3 is 9.64 Å². The van der Waals surface area contributed by atoms with Crippen molar-refractivity contribution in [2.24, 2.45) is 5.92 Å². The van der Waals surface area contributed by atoms with Crippen LogP contribution in [-0.2, 0) is 16.1 Å². The predicted molar refractivity (Wildman–Crippen MR) is 96.9 cm³/mol. The molecule has 1 atom stereocenters. The number of likely N-dealkylation sites (tertiary alicyclic amines) is 1. The number of ether oxygens (including phenoxy) is 1. The number of amides is 1. The summed E-state index contributed by atoms with van der Waals surface area (Å²) in [6.07, 6.45) is 3.04. The molecule has 2 aromatic heterocycles. The Balaban J connectivity index is 1.93. The molecule has 0 unspecified atom stereocenters. The Bertz CT molecular complexity index is 890. The van der Waals surface area contributed by atoms with Gasteiger partial charge in [0.15, 0.2) is 0 Å². The fourth-order valence-electron chi connectivity index (χ4n) is 3.44. The summed E-state index contributed by atoms with van der Waals surface area (Å²) >= 11 is 0. The zero-order valence-corrected chi connectivity index (χ0v) is 15.1. The van der Waals surface area contributed by atoms with Crippen LogP contribution in [0.5, 0.6) is 0 Å². The van der Waals surface area contributed by atoms with Crippen molar-refractivity contribution in [3.8, 4) is 0 Å². The average molecular weight is 357 g/mol. The zero-order chi connectivity index (χ0) is 18.7. The minimum absolute atomic E-state index is 0.122. The molecule has 1 fully saturated rings. The maximum absolute atomic E-state index is 13.0. The Morgan fingerprint density at radius 2 is 2.15 bits per heavy atom. The van der Waals surface area contributed by atoms with Gasteiger partial charge in [-0.05, 0) is 44.9 Å². The number of piperidine rings is 1. The smallest absolute Gasteiger partial charge is 0.310 e. The molecule has 7 nitrogen and oxygen atoms in total. The van der Waals surface area contributed by atoms with Crippen LogP contribution in [0.25, 0.3) is 11.0 Å². The quantitative estimate of drug-likeness (QED) is 0.780. The van der Waals surface area contributed by atoms with Crippen LogP contribution in [0.3, 0.4) is 0 Å². The second-order valence-electron chi connectivity index (χ2n) is 6.37. The van der Waals surface area contributed by atoms with Gasteiger partial charge in [-0.1, -0.05) is 0 Å². The van der Waals surface area contributed by atoms with Gasteiger partial charge in [0.05, 0.1) is 12.5 Å². The van der Waals surface area contributed by atoms with Crippen molar-refractivity contribution in [3.63, 3.8) is 0 Å². The van der Waals surface area contributed by atoms with Gasteiger partial charge in [0.25, 0.3) is 11.5 Å². The summed E-state index contributed by atoms with van der Waals surface area (Å²) in [5, 5.41) is 0.747. The Labute approximate surface area is 151 Å². The molecule has 0 radical (unpaired) electrons. The molecule has 138 valence electrons. The standard InChI is InChI=1S/C19H23N3O4/c1-3-22-16-13(7-5-9-20-16)11-15(18(22)24)17(23)21-10-6-8-14(12-21)19(25)26-4-2/h5,7,9,11,14H,3-4,6,8,10,12H2,1-2H3/t14-/m0/s1. The Kier molecular flexibility index (Phi) is 5.35. The minimum atomic E-state index is -0.345. The summed E-state index contributed by atoms with van der Waals surface area (Å²) in [6, 6.07) is 5.22. The molecule has 1 amide bonds. The summed E-state index contributed by atoms with van der Waals surface area (Å²) < 4.78 is 6.59. The molecule has 0 aliphatic carbocycles. The highest BCUT2D eigenvalue weighted by Gasteiger charge is 2.31. The van der Waals surface area contributed by atoms with Crippen molar-refractivity contribution in [2.75, 3.05) is 19.7 Å². The van der Waals surface area contributed by atoms with Gasteiger partial charge in [-0.15, -0.1) is 0 Å². The van der Waals surface area contributed by atoms with Crippen molar-refractivity contribution in [1.29, 1.82) is 0 Å². The van der Waals surface area contributed by atoms with E-state index in [1.807, 2.05) is 13.0 Å². The van der Waals surface area contributed by atoms with E-state index < -0.39 is 0 Å². The topological polar surface area (TPSA) is 81.5 Å². The summed E-state index contributed by atoms with van der Waals surface area (Å²) in [5.74, 6) is -0.946. The number of rotatable bonds is 4. The first-order valence-electron chi connectivity index (χ1n) is 9.01. The Morgan fingerprint density at radius 1 is 1.35 bits per heavy atom. The van der Waals surface area contributed by atoms with E-state index in [9.17, 15) is 14.4 Å². The van der Waals surface area contributed by atoms with Gasteiger partial charge in [0, 0.05) is 31.2 Å².